The molecule has 1 aliphatic heterocycles. The zero-order valence-corrected chi connectivity index (χ0v) is 12.7. The van der Waals surface area contributed by atoms with E-state index in [4.69, 9.17) is 0 Å². The molecule has 0 spiro atoms. The van der Waals surface area contributed by atoms with Crippen LogP contribution < -0.4 is 10.6 Å². The summed E-state index contributed by atoms with van der Waals surface area (Å²) >= 11 is 0. The van der Waals surface area contributed by atoms with E-state index in [1.165, 1.54) is 12.8 Å². The summed E-state index contributed by atoms with van der Waals surface area (Å²) in [6.45, 7) is 5.07. The molecule has 5 heteroatoms. The van der Waals surface area contributed by atoms with Crippen molar-refractivity contribution in [2.45, 2.75) is 64.1 Å². The van der Waals surface area contributed by atoms with Crippen LogP contribution >= 0.6 is 12.4 Å². The van der Waals surface area contributed by atoms with Crippen molar-refractivity contribution in [3.63, 3.8) is 0 Å². The highest BCUT2D eigenvalue weighted by atomic mass is 35.5. The van der Waals surface area contributed by atoms with E-state index >= 15 is 0 Å². The SMILES string of the molecule is CC(C)C1CCCC(NC(=O)C2CC(O)CN2)C1.Cl. The van der Waals surface area contributed by atoms with Crippen molar-refractivity contribution < 1.29 is 9.90 Å². The monoisotopic (exact) mass is 290 g/mol. The molecule has 3 N–H and O–H groups in total. The maximum Gasteiger partial charge on any atom is 0.237 e. The van der Waals surface area contributed by atoms with Gasteiger partial charge in [-0.1, -0.05) is 26.7 Å². The fourth-order valence-corrected chi connectivity index (χ4v) is 3.18. The normalized spacial score (nSPS) is 34.9. The molecule has 19 heavy (non-hydrogen) atoms. The first-order valence-electron chi connectivity index (χ1n) is 7.28. The number of amides is 1. The minimum Gasteiger partial charge on any atom is -0.392 e. The predicted octanol–water partition coefficient (Wildman–Crippen LogP) is 1.46. The molecule has 1 amide bonds. The minimum atomic E-state index is -0.365. The van der Waals surface area contributed by atoms with Gasteiger partial charge in [0.25, 0.3) is 0 Å². The smallest absolute Gasteiger partial charge is 0.237 e. The Morgan fingerprint density at radius 3 is 2.63 bits per heavy atom. The van der Waals surface area contributed by atoms with Crippen LogP contribution in [-0.4, -0.2) is 35.7 Å². The quantitative estimate of drug-likeness (QED) is 0.737. The summed E-state index contributed by atoms with van der Waals surface area (Å²) in [6.07, 6.45) is 4.91. The van der Waals surface area contributed by atoms with E-state index in [0.29, 0.717) is 24.9 Å². The molecule has 0 aromatic heterocycles. The lowest BCUT2D eigenvalue weighted by molar-refractivity contribution is -0.124. The number of halogens is 1. The maximum absolute atomic E-state index is 12.1. The summed E-state index contributed by atoms with van der Waals surface area (Å²) < 4.78 is 0. The van der Waals surface area contributed by atoms with Crippen LogP contribution in [0.5, 0.6) is 0 Å². The van der Waals surface area contributed by atoms with Crippen LogP contribution in [0.25, 0.3) is 0 Å². The van der Waals surface area contributed by atoms with Crippen molar-refractivity contribution in [2.75, 3.05) is 6.54 Å². The minimum absolute atomic E-state index is 0. The molecule has 2 fully saturated rings. The van der Waals surface area contributed by atoms with E-state index in [2.05, 4.69) is 24.5 Å². The van der Waals surface area contributed by atoms with Crippen LogP contribution in [0.4, 0.5) is 0 Å². The van der Waals surface area contributed by atoms with Crippen LogP contribution in [0.15, 0.2) is 0 Å². The summed E-state index contributed by atoms with van der Waals surface area (Å²) in [7, 11) is 0. The Hall–Kier alpha value is -0.320. The van der Waals surface area contributed by atoms with Crippen LogP contribution in [0.2, 0.25) is 0 Å². The lowest BCUT2D eigenvalue weighted by atomic mass is 9.79. The Morgan fingerprint density at radius 2 is 2.05 bits per heavy atom. The standard InChI is InChI=1S/C14H26N2O2.ClH/c1-9(2)10-4-3-5-11(6-10)16-14(18)13-7-12(17)8-15-13;/h9-13,15,17H,3-8H2,1-2H3,(H,16,18);1H. The second-order valence-electron chi connectivity index (χ2n) is 6.23. The number of rotatable bonds is 3. The molecule has 0 radical (unpaired) electrons. The third-order valence-electron chi connectivity index (χ3n) is 4.43. The zero-order valence-electron chi connectivity index (χ0n) is 11.9. The molecule has 2 rings (SSSR count). The highest BCUT2D eigenvalue weighted by Gasteiger charge is 2.31. The molecule has 4 atom stereocenters. The van der Waals surface area contributed by atoms with Gasteiger partial charge in [0.1, 0.15) is 0 Å². The van der Waals surface area contributed by atoms with E-state index in [1.807, 2.05) is 0 Å². The number of nitrogens with one attached hydrogen (secondary N) is 2. The largest absolute Gasteiger partial charge is 0.392 e. The topological polar surface area (TPSA) is 61.4 Å². The Balaban J connectivity index is 0.00000180. The van der Waals surface area contributed by atoms with Gasteiger partial charge in [0, 0.05) is 12.6 Å². The van der Waals surface area contributed by atoms with Gasteiger partial charge in [-0.15, -0.1) is 12.4 Å². The van der Waals surface area contributed by atoms with Crippen molar-refractivity contribution in [1.29, 1.82) is 0 Å². The van der Waals surface area contributed by atoms with Gasteiger partial charge in [0.05, 0.1) is 12.1 Å². The number of aliphatic hydroxyl groups is 1. The molecular weight excluding hydrogens is 264 g/mol. The molecule has 1 heterocycles. The summed E-state index contributed by atoms with van der Waals surface area (Å²) in [5.74, 6) is 1.52. The first-order chi connectivity index (χ1) is 8.56. The first kappa shape index (κ1) is 16.7. The molecule has 4 unspecified atom stereocenters. The predicted molar refractivity (Wildman–Crippen MR) is 78.4 cm³/mol. The van der Waals surface area contributed by atoms with Gasteiger partial charge in [-0.2, -0.15) is 0 Å². The maximum atomic E-state index is 12.1. The second-order valence-corrected chi connectivity index (χ2v) is 6.23. The second kappa shape index (κ2) is 7.46. The number of carbonyl (C=O) groups is 1. The molecule has 1 saturated carbocycles. The average Bonchev–Trinajstić information content (AvgIpc) is 2.76. The van der Waals surface area contributed by atoms with Crippen molar-refractivity contribution >= 4 is 18.3 Å². The van der Waals surface area contributed by atoms with Crippen LogP contribution in [0.3, 0.4) is 0 Å². The van der Waals surface area contributed by atoms with Gasteiger partial charge < -0.3 is 15.7 Å². The third kappa shape index (κ3) is 4.62. The van der Waals surface area contributed by atoms with E-state index in [0.717, 1.165) is 18.8 Å². The molecule has 0 aromatic rings. The molecular formula is C14H27ClN2O2. The summed E-state index contributed by atoms with van der Waals surface area (Å²) in [5, 5.41) is 15.6. The van der Waals surface area contributed by atoms with Gasteiger partial charge in [-0.25, -0.2) is 0 Å². The zero-order chi connectivity index (χ0) is 13.1. The molecule has 1 saturated heterocycles. The van der Waals surface area contributed by atoms with Crippen LogP contribution in [0.1, 0.15) is 46.0 Å². The van der Waals surface area contributed by atoms with Gasteiger partial charge in [-0.3, -0.25) is 4.79 Å². The number of β-amino-alcohol motifs (C(OH)–C–C–N with tert-alkyl or cyclic N) is 1. The Labute approximate surface area is 122 Å². The van der Waals surface area contributed by atoms with Crippen molar-refractivity contribution in [3.05, 3.63) is 0 Å². The number of hydrogen-bond acceptors (Lipinski definition) is 3. The molecule has 0 aromatic carbocycles. The Bertz CT molecular complexity index is 299. The number of carbonyl (C=O) groups excluding carboxylic acids is 1. The molecule has 2 aliphatic rings. The van der Waals surface area contributed by atoms with Gasteiger partial charge in [0.2, 0.25) is 5.91 Å². The summed E-state index contributed by atoms with van der Waals surface area (Å²) in [5.41, 5.74) is 0. The molecule has 1 aliphatic carbocycles. The molecule has 112 valence electrons. The van der Waals surface area contributed by atoms with E-state index in [-0.39, 0.29) is 30.5 Å². The average molecular weight is 291 g/mol. The van der Waals surface area contributed by atoms with Gasteiger partial charge in [0.15, 0.2) is 0 Å². The summed E-state index contributed by atoms with van der Waals surface area (Å²) in [6, 6.07) is 0.137. The Morgan fingerprint density at radius 1 is 1.32 bits per heavy atom. The molecule has 0 bridgehead atoms. The van der Waals surface area contributed by atoms with Gasteiger partial charge in [-0.05, 0) is 31.1 Å². The lowest BCUT2D eigenvalue weighted by Crippen LogP contribution is -2.47. The van der Waals surface area contributed by atoms with E-state index in [1.54, 1.807) is 0 Å². The van der Waals surface area contributed by atoms with Gasteiger partial charge >= 0.3 is 0 Å². The van der Waals surface area contributed by atoms with E-state index < -0.39 is 0 Å². The highest BCUT2D eigenvalue weighted by molar-refractivity contribution is 5.85. The number of hydrogen-bond donors (Lipinski definition) is 3. The Kier molecular flexibility index (Phi) is 6.57. The fourth-order valence-electron chi connectivity index (χ4n) is 3.18. The summed E-state index contributed by atoms with van der Waals surface area (Å²) in [4.78, 5) is 12.1. The van der Waals surface area contributed by atoms with Crippen molar-refractivity contribution in [3.8, 4) is 0 Å². The van der Waals surface area contributed by atoms with Crippen LogP contribution in [0, 0.1) is 11.8 Å². The van der Waals surface area contributed by atoms with E-state index in [9.17, 15) is 9.90 Å². The molecule has 4 nitrogen and oxygen atoms in total. The number of aliphatic hydroxyl groups excluding tert-OH is 1. The fraction of sp³-hybridized carbons (Fsp3) is 0.929. The van der Waals surface area contributed by atoms with Crippen molar-refractivity contribution in [2.24, 2.45) is 11.8 Å². The lowest BCUT2D eigenvalue weighted by Gasteiger charge is -2.32. The first-order valence-corrected chi connectivity index (χ1v) is 7.28. The third-order valence-corrected chi connectivity index (χ3v) is 4.43. The van der Waals surface area contributed by atoms with Crippen LogP contribution in [-0.2, 0) is 4.79 Å². The highest BCUT2D eigenvalue weighted by Crippen LogP contribution is 2.30. The van der Waals surface area contributed by atoms with Crippen molar-refractivity contribution in [1.82, 2.24) is 10.6 Å².